The number of imide groups is 2. The fraction of sp³-hybridized carbons (Fsp3) is 0.438. The van der Waals surface area contributed by atoms with Gasteiger partial charge in [-0.25, -0.2) is 4.79 Å². The zero-order valence-electron chi connectivity index (χ0n) is 13.0. The van der Waals surface area contributed by atoms with Gasteiger partial charge in [-0.3, -0.25) is 19.8 Å². The van der Waals surface area contributed by atoms with Crippen molar-refractivity contribution in [3.63, 3.8) is 0 Å². The number of para-hydroxylation sites is 2. The van der Waals surface area contributed by atoms with Gasteiger partial charge in [0.05, 0.1) is 11.4 Å². The summed E-state index contributed by atoms with van der Waals surface area (Å²) in [6, 6.07) is 7.39. The van der Waals surface area contributed by atoms with E-state index in [0.717, 1.165) is 22.8 Å². The van der Waals surface area contributed by atoms with Crippen molar-refractivity contribution in [2.24, 2.45) is 0 Å². The van der Waals surface area contributed by atoms with E-state index in [-0.39, 0.29) is 5.91 Å². The van der Waals surface area contributed by atoms with Crippen LogP contribution in [0.2, 0.25) is 0 Å². The highest BCUT2D eigenvalue weighted by Gasteiger charge is 2.54. The Kier molecular flexibility index (Phi) is 3.94. The van der Waals surface area contributed by atoms with E-state index in [0.29, 0.717) is 32.3 Å². The minimum atomic E-state index is -1.03. The number of hydrogen-bond acceptors (Lipinski definition) is 5. The van der Waals surface area contributed by atoms with E-state index in [9.17, 15) is 14.4 Å². The van der Waals surface area contributed by atoms with Gasteiger partial charge in [-0.1, -0.05) is 12.1 Å². The molecule has 1 aromatic carbocycles. The highest BCUT2D eigenvalue weighted by atomic mass is 16.2. The lowest BCUT2D eigenvalue weighted by molar-refractivity contribution is -0.133. The summed E-state index contributed by atoms with van der Waals surface area (Å²) in [6.07, 6.45) is 1.33. The number of urea groups is 1. The normalized spacial score (nSPS) is 19.9. The van der Waals surface area contributed by atoms with Gasteiger partial charge >= 0.3 is 6.03 Å². The van der Waals surface area contributed by atoms with Crippen molar-refractivity contribution in [1.82, 2.24) is 10.2 Å². The predicted molar refractivity (Wildman–Crippen MR) is 86.2 cm³/mol. The number of nitrogens with one attached hydrogen (secondary N) is 2. The Bertz CT molecular complexity index is 638. The van der Waals surface area contributed by atoms with Gasteiger partial charge in [0.2, 0.25) is 6.41 Å². The summed E-state index contributed by atoms with van der Waals surface area (Å²) < 4.78 is 0. The summed E-state index contributed by atoms with van der Waals surface area (Å²) in [7, 11) is 0. The average molecular weight is 316 g/mol. The summed E-state index contributed by atoms with van der Waals surface area (Å²) in [4.78, 5) is 38.3. The van der Waals surface area contributed by atoms with E-state index in [1.165, 1.54) is 0 Å². The monoisotopic (exact) mass is 316 g/mol. The molecule has 7 heteroatoms. The van der Waals surface area contributed by atoms with Gasteiger partial charge in [-0.05, 0) is 31.9 Å². The first-order valence-corrected chi connectivity index (χ1v) is 7.80. The van der Waals surface area contributed by atoms with Crippen LogP contribution in [-0.4, -0.2) is 48.4 Å². The van der Waals surface area contributed by atoms with Crippen LogP contribution in [0.1, 0.15) is 19.8 Å². The number of hydrogen-bond donors (Lipinski definition) is 2. The van der Waals surface area contributed by atoms with Crippen molar-refractivity contribution in [2.75, 3.05) is 29.9 Å². The first-order valence-electron chi connectivity index (χ1n) is 7.80. The molecule has 7 nitrogen and oxygen atoms in total. The quantitative estimate of drug-likeness (QED) is 0.643. The van der Waals surface area contributed by atoms with Crippen molar-refractivity contribution in [3.05, 3.63) is 24.3 Å². The molecule has 0 bridgehead atoms. The molecule has 0 unspecified atom stereocenters. The Morgan fingerprint density at radius 3 is 2.61 bits per heavy atom. The van der Waals surface area contributed by atoms with Gasteiger partial charge in [0.15, 0.2) is 0 Å². The summed E-state index contributed by atoms with van der Waals surface area (Å²) in [5.74, 6) is -0.366. The fourth-order valence-corrected chi connectivity index (χ4v) is 3.40. The molecule has 2 heterocycles. The third-order valence-electron chi connectivity index (χ3n) is 4.63. The number of rotatable bonds is 4. The van der Waals surface area contributed by atoms with Gasteiger partial charge < -0.3 is 10.2 Å². The molecule has 2 aliphatic heterocycles. The minimum absolute atomic E-state index is 0.366. The molecular weight excluding hydrogens is 296 g/mol. The molecule has 1 spiro atoms. The van der Waals surface area contributed by atoms with Crippen molar-refractivity contribution < 1.29 is 14.4 Å². The molecule has 2 N–H and O–H groups in total. The Morgan fingerprint density at radius 1 is 1.26 bits per heavy atom. The molecule has 0 aromatic heterocycles. The second-order valence-electron chi connectivity index (χ2n) is 5.80. The highest BCUT2D eigenvalue weighted by Crippen LogP contribution is 2.36. The van der Waals surface area contributed by atoms with E-state index in [2.05, 4.69) is 15.5 Å². The number of amides is 4. The zero-order chi connectivity index (χ0) is 16.4. The van der Waals surface area contributed by atoms with Gasteiger partial charge in [0, 0.05) is 19.6 Å². The number of anilines is 2. The maximum absolute atomic E-state index is 12.2. The van der Waals surface area contributed by atoms with E-state index in [4.69, 9.17) is 0 Å². The number of carbonyl (C=O) groups is 3. The minimum Gasteiger partial charge on any atom is -0.384 e. The van der Waals surface area contributed by atoms with Gasteiger partial charge in [-0.15, -0.1) is 0 Å². The maximum atomic E-state index is 12.2. The van der Waals surface area contributed by atoms with Gasteiger partial charge in [0.25, 0.3) is 5.91 Å². The number of benzene rings is 1. The molecule has 2 aliphatic rings. The van der Waals surface area contributed by atoms with Crippen LogP contribution in [-0.2, 0) is 9.59 Å². The van der Waals surface area contributed by atoms with Crippen LogP contribution in [0.3, 0.4) is 0 Å². The van der Waals surface area contributed by atoms with Crippen molar-refractivity contribution in [2.45, 2.75) is 25.3 Å². The first kappa shape index (κ1) is 15.3. The van der Waals surface area contributed by atoms with Crippen LogP contribution in [0.25, 0.3) is 0 Å². The van der Waals surface area contributed by atoms with E-state index in [1.807, 2.05) is 31.2 Å². The topological polar surface area (TPSA) is 81.8 Å². The zero-order valence-corrected chi connectivity index (χ0v) is 13.0. The average Bonchev–Trinajstić information content (AvgIpc) is 2.79. The van der Waals surface area contributed by atoms with Crippen LogP contribution in [0, 0.1) is 0 Å². The molecule has 3 rings (SSSR count). The Labute approximate surface area is 134 Å². The van der Waals surface area contributed by atoms with E-state index >= 15 is 0 Å². The van der Waals surface area contributed by atoms with Crippen LogP contribution in [0.4, 0.5) is 16.2 Å². The lowest BCUT2D eigenvalue weighted by atomic mass is 9.86. The van der Waals surface area contributed by atoms with Crippen LogP contribution < -0.4 is 15.5 Å². The molecule has 0 radical (unpaired) electrons. The largest absolute Gasteiger partial charge is 0.384 e. The molecular formula is C16H20N4O3. The first-order chi connectivity index (χ1) is 11.1. The molecule has 1 aromatic rings. The van der Waals surface area contributed by atoms with Crippen LogP contribution in [0.5, 0.6) is 0 Å². The highest BCUT2D eigenvalue weighted by molar-refractivity contribution is 6.11. The van der Waals surface area contributed by atoms with E-state index in [1.54, 1.807) is 0 Å². The van der Waals surface area contributed by atoms with Gasteiger partial charge in [0.1, 0.15) is 5.54 Å². The van der Waals surface area contributed by atoms with E-state index < -0.39 is 11.6 Å². The molecule has 23 heavy (non-hydrogen) atoms. The summed E-state index contributed by atoms with van der Waals surface area (Å²) in [5.41, 5.74) is 1.10. The third-order valence-corrected chi connectivity index (χ3v) is 4.63. The second kappa shape index (κ2) is 5.91. The van der Waals surface area contributed by atoms with Crippen molar-refractivity contribution >= 4 is 29.7 Å². The Morgan fingerprint density at radius 2 is 1.96 bits per heavy atom. The molecule has 2 fully saturated rings. The SMILES string of the molecule is CCNc1ccccc1N1CCC2(CC1)C(=O)NC(=O)N2C=O. The maximum Gasteiger partial charge on any atom is 0.331 e. The Balaban J connectivity index is 1.80. The molecule has 0 atom stereocenters. The number of nitrogens with zero attached hydrogens (tertiary/aromatic N) is 2. The van der Waals surface area contributed by atoms with Crippen LogP contribution >= 0.6 is 0 Å². The lowest BCUT2D eigenvalue weighted by Crippen LogP contribution is -2.56. The number of piperidine rings is 1. The molecule has 4 amide bonds. The molecule has 2 saturated heterocycles. The third kappa shape index (κ3) is 2.42. The van der Waals surface area contributed by atoms with Crippen LogP contribution in [0.15, 0.2) is 24.3 Å². The molecule has 0 saturated carbocycles. The molecule has 122 valence electrons. The predicted octanol–water partition coefficient (Wildman–Crippen LogP) is 1.17. The smallest absolute Gasteiger partial charge is 0.331 e. The summed E-state index contributed by atoms with van der Waals surface area (Å²) >= 11 is 0. The Hall–Kier alpha value is -2.57. The molecule has 0 aliphatic carbocycles. The fourth-order valence-electron chi connectivity index (χ4n) is 3.40. The van der Waals surface area contributed by atoms with Gasteiger partial charge in [-0.2, -0.15) is 0 Å². The summed E-state index contributed by atoms with van der Waals surface area (Å²) in [5, 5.41) is 5.58. The van der Waals surface area contributed by atoms with Crippen molar-refractivity contribution in [1.29, 1.82) is 0 Å². The summed E-state index contributed by atoms with van der Waals surface area (Å²) in [6.45, 7) is 4.07. The lowest BCUT2D eigenvalue weighted by Gasteiger charge is -2.41. The standard InChI is InChI=1S/C16H20N4O3/c1-2-17-12-5-3-4-6-13(12)19-9-7-16(8-10-19)14(22)18-15(23)20(16)11-21/h3-6,11,17H,2,7-10H2,1H3,(H,18,22,23). The van der Waals surface area contributed by atoms with Crippen molar-refractivity contribution in [3.8, 4) is 0 Å². The number of carbonyl (C=O) groups excluding carboxylic acids is 3. The second-order valence-corrected chi connectivity index (χ2v) is 5.80.